The molecule has 19 heavy (non-hydrogen) atoms. The van der Waals surface area contributed by atoms with E-state index in [1.54, 1.807) is 12.0 Å². The predicted molar refractivity (Wildman–Crippen MR) is 73.7 cm³/mol. The third-order valence-electron chi connectivity index (χ3n) is 2.57. The second-order valence-electron chi connectivity index (χ2n) is 3.71. The lowest BCUT2D eigenvalue weighted by Crippen LogP contribution is -2.33. The van der Waals surface area contributed by atoms with E-state index < -0.39 is 0 Å². The number of ether oxygens (including phenoxy) is 1. The normalized spacial score (nSPS) is 10.9. The van der Waals surface area contributed by atoms with E-state index in [1.807, 2.05) is 6.92 Å². The van der Waals surface area contributed by atoms with E-state index in [-0.39, 0.29) is 11.1 Å². The highest BCUT2D eigenvalue weighted by molar-refractivity contribution is 7.19. The van der Waals surface area contributed by atoms with Crippen LogP contribution in [0, 0.1) is 0 Å². The molecule has 2 heterocycles. The number of rotatable bonds is 5. The third kappa shape index (κ3) is 2.99. The highest BCUT2D eigenvalue weighted by Gasteiger charge is 2.20. The molecule has 8 heteroatoms. The summed E-state index contributed by atoms with van der Waals surface area (Å²) < 4.78 is 4.98. The Morgan fingerprint density at radius 1 is 1.53 bits per heavy atom. The number of fused-ring (bicyclic) bond motifs is 1. The number of thiazole rings is 1. The maximum Gasteiger partial charge on any atom is 0.282 e. The minimum atomic E-state index is -0.140. The first-order valence-electron chi connectivity index (χ1n) is 5.72. The highest BCUT2D eigenvalue weighted by atomic mass is 35.5. The molecule has 0 spiro atoms. The average Bonchev–Trinajstić information content (AvgIpc) is 2.85. The summed E-state index contributed by atoms with van der Waals surface area (Å²) in [7, 11) is 1.60. The second-order valence-corrected chi connectivity index (χ2v) is 5.05. The predicted octanol–water partition coefficient (Wildman–Crippen LogP) is 1.85. The van der Waals surface area contributed by atoms with Gasteiger partial charge in [0.2, 0.25) is 0 Å². The molecule has 1 amide bonds. The number of likely N-dealkylation sites (N-methyl/N-ethyl adjacent to an activating group) is 1. The van der Waals surface area contributed by atoms with Crippen molar-refractivity contribution in [3.05, 3.63) is 16.5 Å². The van der Waals surface area contributed by atoms with Gasteiger partial charge in [0.05, 0.1) is 6.61 Å². The van der Waals surface area contributed by atoms with Crippen LogP contribution in [-0.4, -0.2) is 52.6 Å². The van der Waals surface area contributed by atoms with E-state index in [1.165, 1.54) is 17.7 Å². The van der Waals surface area contributed by atoms with Gasteiger partial charge in [-0.05, 0) is 6.92 Å². The molecule has 0 aliphatic rings. The van der Waals surface area contributed by atoms with Gasteiger partial charge in [-0.2, -0.15) is 0 Å². The Morgan fingerprint density at radius 3 is 2.95 bits per heavy atom. The van der Waals surface area contributed by atoms with Gasteiger partial charge in [0.25, 0.3) is 5.91 Å². The van der Waals surface area contributed by atoms with E-state index in [2.05, 4.69) is 15.0 Å². The van der Waals surface area contributed by atoms with Gasteiger partial charge in [0.15, 0.2) is 10.2 Å². The number of hydrogen-bond donors (Lipinski definition) is 0. The summed E-state index contributed by atoms with van der Waals surface area (Å²) in [6, 6.07) is 0. The van der Waals surface area contributed by atoms with Gasteiger partial charge in [0.1, 0.15) is 16.7 Å². The molecule has 2 rings (SSSR count). The van der Waals surface area contributed by atoms with Crippen LogP contribution < -0.4 is 0 Å². The Morgan fingerprint density at radius 2 is 2.32 bits per heavy atom. The minimum absolute atomic E-state index is 0.140. The number of nitrogens with zero attached hydrogens (tertiary/aromatic N) is 4. The van der Waals surface area contributed by atoms with Crippen molar-refractivity contribution < 1.29 is 9.53 Å². The fourth-order valence-electron chi connectivity index (χ4n) is 1.56. The number of halogens is 1. The summed E-state index contributed by atoms with van der Waals surface area (Å²) in [6.07, 6.45) is 1.36. The fourth-order valence-corrected chi connectivity index (χ4v) is 2.67. The van der Waals surface area contributed by atoms with Crippen molar-refractivity contribution in [1.82, 2.24) is 19.9 Å². The zero-order valence-corrected chi connectivity index (χ0v) is 12.2. The van der Waals surface area contributed by atoms with E-state index in [4.69, 9.17) is 16.3 Å². The molecule has 102 valence electrons. The molecule has 0 saturated carbocycles. The second kappa shape index (κ2) is 6.23. The Hall–Kier alpha value is -1.31. The summed E-state index contributed by atoms with van der Waals surface area (Å²) in [6.45, 7) is 3.53. The van der Waals surface area contributed by atoms with Crippen molar-refractivity contribution in [2.45, 2.75) is 6.92 Å². The van der Waals surface area contributed by atoms with E-state index in [0.717, 1.165) is 0 Å². The Kier molecular flexibility index (Phi) is 4.62. The molecule has 6 nitrogen and oxygen atoms in total. The molecule has 0 aliphatic carbocycles. The largest absolute Gasteiger partial charge is 0.383 e. The number of carbonyl (C=O) groups excluding carboxylic acids is 1. The Bertz CT molecular complexity index is 589. The molecule has 0 saturated heterocycles. The first kappa shape index (κ1) is 14.1. The zero-order valence-electron chi connectivity index (χ0n) is 10.6. The molecule has 0 N–H and O–H groups in total. The van der Waals surface area contributed by atoms with Crippen molar-refractivity contribution in [3.63, 3.8) is 0 Å². The van der Waals surface area contributed by atoms with Gasteiger partial charge < -0.3 is 9.64 Å². The Balaban J connectivity index is 2.27. The summed E-state index contributed by atoms with van der Waals surface area (Å²) in [5.41, 5.74) is 0.473. The number of hydrogen-bond acceptors (Lipinski definition) is 6. The van der Waals surface area contributed by atoms with Crippen molar-refractivity contribution in [1.29, 1.82) is 0 Å². The van der Waals surface area contributed by atoms with Gasteiger partial charge in [0, 0.05) is 20.2 Å². The Labute approximate surface area is 119 Å². The summed E-state index contributed by atoms with van der Waals surface area (Å²) in [4.78, 5) is 26.7. The molecule has 0 fully saturated rings. The number of amides is 1. The van der Waals surface area contributed by atoms with Crippen molar-refractivity contribution in [2.75, 3.05) is 26.8 Å². The van der Waals surface area contributed by atoms with Gasteiger partial charge >= 0.3 is 0 Å². The lowest BCUT2D eigenvalue weighted by Gasteiger charge is -2.18. The smallest absolute Gasteiger partial charge is 0.282 e. The SMILES string of the molecule is CCN(CCOC)C(=O)c1nc2c(Cl)ncnc2s1. The van der Waals surface area contributed by atoms with E-state index in [0.29, 0.717) is 35.1 Å². The summed E-state index contributed by atoms with van der Waals surface area (Å²) in [5.74, 6) is -0.140. The van der Waals surface area contributed by atoms with Crippen LogP contribution in [0.1, 0.15) is 16.7 Å². The van der Waals surface area contributed by atoms with Crippen LogP contribution >= 0.6 is 22.9 Å². The van der Waals surface area contributed by atoms with Gasteiger partial charge in [-0.25, -0.2) is 15.0 Å². The van der Waals surface area contributed by atoms with Gasteiger partial charge in [-0.1, -0.05) is 22.9 Å². The monoisotopic (exact) mass is 300 g/mol. The molecule has 0 unspecified atom stereocenters. The summed E-state index contributed by atoms with van der Waals surface area (Å²) >= 11 is 7.14. The number of aromatic nitrogens is 3. The lowest BCUT2D eigenvalue weighted by molar-refractivity contribution is 0.0706. The van der Waals surface area contributed by atoms with Crippen LogP contribution in [0.25, 0.3) is 10.3 Å². The molecule has 0 aromatic carbocycles. The maximum atomic E-state index is 12.3. The first-order valence-corrected chi connectivity index (χ1v) is 6.92. The third-order valence-corrected chi connectivity index (χ3v) is 3.80. The van der Waals surface area contributed by atoms with E-state index >= 15 is 0 Å². The average molecular weight is 301 g/mol. The van der Waals surface area contributed by atoms with Gasteiger partial charge in [-0.3, -0.25) is 4.79 Å². The van der Waals surface area contributed by atoms with Crippen LogP contribution in [0.4, 0.5) is 0 Å². The first-order chi connectivity index (χ1) is 9.17. The molecule has 0 bridgehead atoms. The van der Waals surface area contributed by atoms with Crippen molar-refractivity contribution in [2.24, 2.45) is 0 Å². The van der Waals surface area contributed by atoms with Crippen LogP contribution in [0.5, 0.6) is 0 Å². The minimum Gasteiger partial charge on any atom is -0.383 e. The van der Waals surface area contributed by atoms with Gasteiger partial charge in [-0.15, -0.1) is 0 Å². The molecule has 2 aromatic rings. The molecule has 0 radical (unpaired) electrons. The molecule has 0 aliphatic heterocycles. The number of carbonyl (C=O) groups is 1. The van der Waals surface area contributed by atoms with Crippen LogP contribution in [-0.2, 0) is 4.74 Å². The topological polar surface area (TPSA) is 68.2 Å². The lowest BCUT2D eigenvalue weighted by atomic mass is 10.4. The molecular weight excluding hydrogens is 288 g/mol. The quantitative estimate of drug-likeness (QED) is 0.788. The summed E-state index contributed by atoms with van der Waals surface area (Å²) in [5, 5.41) is 0.635. The standard InChI is InChI=1S/C11H13ClN4O2S/c1-3-16(4-5-18-2)11(17)10-15-7-8(12)13-6-14-9(7)19-10/h6H,3-5H2,1-2H3. The fraction of sp³-hybridized carbons (Fsp3) is 0.455. The number of methoxy groups -OCH3 is 1. The van der Waals surface area contributed by atoms with Crippen LogP contribution in [0.3, 0.4) is 0 Å². The molecular formula is C11H13ClN4O2S. The van der Waals surface area contributed by atoms with Crippen molar-refractivity contribution in [3.8, 4) is 0 Å². The van der Waals surface area contributed by atoms with Crippen LogP contribution in [0.2, 0.25) is 5.15 Å². The zero-order chi connectivity index (χ0) is 13.8. The highest BCUT2D eigenvalue weighted by Crippen LogP contribution is 2.25. The molecule has 0 atom stereocenters. The van der Waals surface area contributed by atoms with Crippen molar-refractivity contribution >= 4 is 39.2 Å². The molecule has 2 aromatic heterocycles. The van der Waals surface area contributed by atoms with E-state index in [9.17, 15) is 4.79 Å². The maximum absolute atomic E-state index is 12.3. The van der Waals surface area contributed by atoms with Crippen LogP contribution in [0.15, 0.2) is 6.33 Å².